The zero-order chi connectivity index (χ0) is 16.5. The molecule has 1 saturated heterocycles. The Kier molecular flexibility index (Phi) is 4.31. The van der Waals surface area contributed by atoms with Crippen LogP contribution < -0.4 is 0 Å². The second kappa shape index (κ2) is 6.59. The Morgan fingerprint density at radius 3 is 2.71 bits per heavy atom. The topological polar surface area (TPSA) is 59.0 Å². The van der Waals surface area contributed by atoms with E-state index in [0.717, 1.165) is 41.0 Å². The van der Waals surface area contributed by atoms with Gasteiger partial charge < -0.3 is 4.90 Å². The number of hydrogen-bond acceptors (Lipinski definition) is 5. The zero-order valence-electron chi connectivity index (χ0n) is 13.9. The summed E-state index contributed by atoms with van der Waals surface area (Å²) in [6.45, 7) is 3.70. The van der Waals surface area contributed by atoms with Crippen LogP contribution in [0.15, 0.2) is 18.5 Å². The van der Waals surface area contributed by atoms with Crippen molar-refractivity contribution < 1.29 is 4.79 Å². The number of thiazole rings is 1. The van der Waals surface area contributed by atoms with Gasteiger partial charge in [0, 0.05) is 25.5 Å². The summed E-state index contributed by atoms with van der Waals surface area (Å²) in [5.74, 6) is 2.26. The molecule has 2 aliphatic rings. The largest absolute Gasteiger partial charge is 0.338 e. The van der Waals surface area contributed by atoms with Gasteiger partial charge in [-0.3, -0.25) is 4.79 Å². The van der Waals surface area contributed by atoms with Gasteiger partial charge in [-0.15, -0.1) is 11.3 Å². The second-order valence-electron chi connectivity index (χ2n) is 6.85. The smallest absolute Gasteiger partial charge is 0.265 e. The maximum Gasteiger partial charge on any atom is 0.265 e. The lowest BCUT2D eigenvalue weighted by Crippen LogP contribution is -2.44. The number of rotatable bonds is 2. The van der Waals surface area contributed by atoms with Crippen LogP contribution in [0.3, 0.4) is 0 Å². The van der Waals surface area contributed by atoms with Crippen LogP contribution in [0.2, 0.25) is 0 Å². The number of nitrogens with zero attached hydrogens (tertiary/aromatic N) is 4. The highest BCUT2D eigenvalue weighted by Gasteiger charge is 2.34. The average molecular weight is 342 g/mol. The molecule has 1 saturated carbocycles. The van der Waals surface area contributed by atoms with Crippen molar-refractivity contribution in [3.05, 3.63) is 29.0 Å². The van der Waals surface area contributed by atoms with Gasteiger partial charge in [-0.1, -0.05) is 19.3 Å². The van der Waals surface area contributed by atoms with Crippen molar-refractivity contribution in [2.45, 2.75) is 39.0 Å². The molecule has 0 radical (unpaired) electrons. The summed E-state index contributed by atoms with van der Waals surface area (Å²) in [6.07, 6.45) is 9.87. The van der Waals surface area contributed by atoms with Crippen LogP contribution in [-0.2, 0) is 0 Å². The Morgan fingerprint density at radius 1 is 1.17 bits per heavy atom. The van der Waals surface area contributed by atoms with Crippen molar-refractivity contribution >= 4 is 17.2 Å². The van der Waals surface area contributed by atoms with E-state index in [2.05, 4.69) is 15.0 Å². The fourth-order valence-electron chi connectivity index (χ4n) is 4.03. The van der Waals surface area contributed by atoms with E-state index in [9.17, 15) is 4.79 Å². The number of carbonyl (C=O) groups excluding carboxylic acids is 1. The Bertz CT molecular complexity index is 730. The first-order chi connectivity index (χ1) is 11.7. The summed E-state index contributed by atoms with van der Waals surface area (Å²) in [4.78, 5) is 28.8. The van der Waals surface area contributed by atoms with Crippen LogP contribution >= 0.6 is 11.3 Å². The highest BCUT2D eigenvalue weighted by Crippen LogP contribution is 2.37. The summed E-state index contributed by atoms with van der Waals surface area (Å²) in [6, 6.07) is 1.78. The first kappa shape index (κ1) is 15.7. The molecule has 0 spiro atoms. The highest BCUT2D eigenvalue weighted by molar-refractivity contribution is 7.17. The normalized spacial score (nSPS) is 23.8. The molecule has 0 N–H and O–H groups in total. The van der Waals surface area contributed by atoms with Gasteiger partial charge in [0.05, 0.1) is 5.69 Å². The fourth-order valence-corrected chi connectivity index (χ4v) is 5.01. The molecule has 1 aliphatic carbocycles. The Hall–Kier alpha value is -1.82. The molecule has 6 heteroatoms. The minimum Gasteiger partial charge on any atom is -0.338 e. The molecule has 0 aromatic carbocycles. The lowest BCUT2D eigenvalue weighted by Gasteiger charge is -2.41. The van der Waals surface area contributed by atoms with E-state index in [-0.39, 0.29) is 5.91 Å². The maximum absolute atomic E-state index is 13.0. The van der Waals surface area contributed by atoms with Crippen LogP contribution in [-0.4, -0.2) is 38.8 Å². The van der Waals surface area contributed by atoms with E-state index >= 15 is 0 Å². The molecule has 2 aromatic heterocycles. The van der Waals surface area contributed by atoms with E-state index in [1.165, 1.54) is 37.0 Å². The molecule has 3 heterocycles. The van der Waals surface area contributed by atoms with Crippen LogP contribution in [0, 0.1) is 18.8 Å². The molecule has 1 amide bonds. The molecule has 1 aliphatic heterocycles. The third-order valence-corrected chi connectivity index (χ3v) is 6.47. The molecule has 2 fully saturated rings. The fraction of sp³-hybridized carbons (Fsp3) is 0.556. The Morgan fingerprint density at radius 2 is 1.92 bits per heavy atom. The quantitative estimate of drug-likeness (QED) is 0.837. The number of amides is 1. The number of piperidine rings is 1. The number of fused-ring (bicyclic) bond motifs is 1. The molecule has 5 nitrogen and oxygen atoms in total. The van der Waals surface area contributed by atoms with Crippen molar-refractivity contribution in [2.75, 3.05) is 13.1 Å². The molecule has 0 bridgehead atoms. The van der Waals surface area contributed by atoms with Crippen LogP contribution in [0.5, 0.6) is 0 Å². The SMILES string of the molecule is Cc1nc(-c2ncccn2)sc1C(=O)N1CC[C@@H]2CCCC[C@H]2C1. The van der Waals surface area contributed by atoms with Gasteiger partial charge in [0.15, 0.2) is 10.8 Å². The summed E-state index contributed by atoms with van der Waals surface area (Å²) < 4.78 is 0. The van der Waals surface area contributed by atoms with Crippen molar-refractivity contribution in [2.24, 2.45) is 11.8 Å². The van der Waals surface area contributed by atoms with Crippen molar-refractivity contribution in [3.8, 4) is 10.8 Å². The van der Waals surface area contributed by atoms with Gasteiger partial charge in [0.25, 0.3) is 5.91 Å². The standard InChI is InChI=1S/C18H22N4OS/c1-12-15(24-17(21-12)16-19-8-4-9-20-16)18(23)22-10-7-13-5-2-3-6-14(13)11-22/h4,8-9,13-14H,2-3,5-7,10-11H2,1H3/t13-,14-/m0/s1. The van der Waals surface area contributed by atoms with Crippen LogP contribution in [0.1, 0.15) is 47.5 Å². The molecule has 2 atom stereocenters. The Labute approximate surface area is 146 Å². The van der Waals surface area contributed by atoms with E-state index in [0.29, 0.717) is 11.7 Å². The van der Waals surface area contributed by atoms with E-state index in [1.807, 2.05) is 11.8 Å². The first-order valence-electron chi connectivity index (χ1n) is 8.76. The predicted octanol–water partition coefficient (Wildman–Crippen LogP) is 3.56. The monoisotopic (exact) mass is 342 g/mol. The molecule has 126 valence electrons. The minimum atomic E-state index is 0.135. The highest BCUT2D eigenvalue weighted by atomic mass is 32.1. The summed E-state index contributed by atoms with van der Waals surface area (Å²) in [7, 11) is 0. The number of carbonyl (C=O) groups is 1. The number of hydrogen-bond donors (Lipinski definition) is 0. The molecular weight excluding hydrogens is 320 g/mol. The Balaban J connectivity index is 1.53. The number of likely N-dealkylation sites (tertiary alicyclic amines) is 1. The minimum absolute atomic E-state index is 0.135. The maximum atomic E-state index is 13.0. The van der Waals surface area contributed by atoms with Gasteiger partial charge in [0.1, 0.15) is 4.88 Å². The molecule has 24 heavy (non-hydrogen) atoms. The predicted molar refractivity (Wildman–Crippen MR) is 93.8 cm³/mol. The molecule has 4 rings (SSSR count). The number of aromatic nitrogens is 3. The lowest BCUT2D eigenvalue weighted by molar-refractivity contribution is 0.0524. The van der Waals surface area contributed by atoms with Crippen LogP contribution in [0.25, 0.3) is 10.8 Å². The number of aryl methyl sites for hydroxylation is 1. The van der Waals surface area contributed by atoms with Crippen molar-refractivity contribution in [3.63, 3.8) is 0 Å². The van der Waals surface area contributed by atoms with E-state index < -0.39 is 0 Å². The molecule has 2 aromatic rings. The third-order valence-electron chi connectivity index (χ3n) is 5.33. The molecular formula is C18H22N4OS. The van der Waals surface area contributed by atoms with E-state index in [1.54, 1.807) is 18.5 Å². The second-order valence-corrected chi connectivity index (χ2v) is 7.85. The van der Waals surface area contributed by atoms with Crippen molar-refractivity contribution in [1.29, 1.82) is 0 Å². The summed E-state index contributed by atoms with van der Waals surface area (Å²) >= 11 is 1.42. The zero-order valence-corrected chi connectivity index (χ0v) is 14.8. The summed E-state index contributed by atoms with van der Waals surface area (Å²) in [5.41, 5.74) is 0.790. The van der Waals surface area contributed by atoms with Crippen LogP contribution in [0.4, 0.5) is 0 Å². The third kappa shape index (κ3) is 2.95. The van der Waals surface area contributed by atoms with Gasteiger partial charge >= 0.3 is 0 Å². The molecule has 0 unspecified atom stereocenters. The van der Waals surface area contributed by atoms with Crippen molar-refractivity contribution in [1.82, 2.24) is 19.9 Å². The van der Waals surface area contributed by atoms with Gasteiger partial charge in [-0.25, -0.2) is 15.0 Å². The van der Waals surface area contributed by atoms with E-state index in [4.69, 9.17) is 0 Å². The van der Waals surface area contributed by atoms with Gasteiger partial charge in [-0.2, -0.15) is 0 Å². The summed E-state index contributed by atoms with van der Waals surface area (Å²) in [5, 5.41) is 0.726. The average Bonchev–Trinajstić information content (AvgIpc) is 3.03. The lowest BCUT2D eigenvalue weighted by atomic mass is 9.75. The first-order valence-corrected chi connectivity index (χ1v) is 9.58. The van der Waals surface area contributed by atoms with Gasteiger partial charge in [-0.05, 0) is 37.7 Å². The van der Waals surface area contributed by atoms with Gasteiger partial charge in [0.2, 0.25) is 0 Å².